The summed E-state index contributed by atoms with van der Waals surface area (Å²) < 4.78 is 4.99. The van der Waals surface area contributed by atoms with E-state index >= 15 is 0 Å². The molecule has 0 aromatic carbocycles. The molecular weight excluding hydrogens is 252 g/mol. The van der Waals surface area contributed by atoms with Crippen molar-refractivity contribution in [3.63, 3.8) is 0 Å². The first-order valence-corrected chi connectivity index (χ1v) is 5.61. The molecule has 0 spiro atoms. The predicted molar refractivity (Wildman–Crippen MR) is 62.6 cm³/mol. The fraction of sp³-hybridized carbons (Fsp3) is 0.273. The fourth-order valence-electron chi connectivity index (χ4n) is 1.39. The van der Waals surface area contributed by atoms with Gasteiger partial charge in [-0.25, -0.2) is 9.78 Å². The molecule has 8 nitrogen and oxygen atoms in total. The summed E-state index contributed by atoms with van der Waals surface area (Å²) >= 11 is 0. The first kappa shape index (κ1) is 12.8. The van der Waals surface area contributed by atoms with Crippen molar-refractivity contribution >= 4 is 11.9 Å². The summed E-state index contributed by atoms with van der Waals surface area (Å²) in [4.78, 5) is 26.2. The number of aryl methyl sites for hydroxylation is 1. The average Bonchev–Trinajstić information content (AvgIpc) is 3.04. The molecule has 2 rings (SSSR count). The van der Waals surface area contributed by atoms with E-state index in [1.54, 1.807) is 0 Å². The largest absolute Gasteiger partial charge is 0.475 e. The van der Waals surface area contributed by atoms with Gasteiger partial charge in [-0.2, -0.15) is 0 Å². The molecule has 2 aromatic rings. The zero-order valence-electron chi connectivity index (χ0n) is 10.1. The third-order valence-electron chi connectivity index (χ3n) is 2.37. The second-order valence-corrected chi connectivity index (χ2v) is 3.71. The minimum Gasteiger partial charge on any atom is -0.475 e. The molecule has 1 amide bonds. The Balaban J connectivity index is 1.94. The number of aromatic carboxylic acids is 1. The number of nitrogens with zero attached hydrogens (tertiary/aromatic N) is 2. The van der Waals surface area contributed by atoms with Crippen LogP contribution in [0, 0.1) is 0 Å². The number of amides is 1. The Labute approximate surface area is 107 Å². The molecule has 0 unspecified atom stereocenters. The Morgan fingerprint density at radius 1 is 1.47 bits per heavy atom. The van der Waals surface area contributed by atoms with Crippen LogP contribution in [0.15, 0.2) is 16.5 Å². The van der Waals surface area contributed by atoms with Crippen molar-refractivity contribution in [3.05, 3.63) is 35.3 Å². The van der Waals surface area contributed by atoms with Gasteiger partial charge in [0.1, 0.15) is 11.6 Å². The van der Waals surface area contributed by atoms with Crippen LogP contribution in [-0.4, -0.2) is 32.2 Å². The number of carboxylic acid groups (broad SMARTS) is 1. The van der Waals surface area contributed by atoms with Crippen molar-refractivity contribution in [1.82, 2.24) is 20.5 Å². The van der Waals surface area contributed by atoms with Gasteiger partial charge in [0.2, 0.25) is 11.6 Å². The molecule has 0 atom stereocenters. The number of nitrogens with one attached hydrogen (secondary N) is 2. The molecule has 2 aromatic heterocycles. The average molecular weight is 264 g/mol. The zero-order chi connectivity index (χ0) is 13.8. The van der Waals surface area contributed by atoms with E-state index in [2.05, 4.69) is 20.5 Å². The lowest BCUT2D eigenvalue weighted by molar-refractivity contribution is 0.0660. The van der Waals surface area contributed by atoms with Gasteiger partial charge in [-0.1, -0.05) is 6.92 Å². The Morgan fingerprint density at radius 3 is 2.84 bits per heavy atom. The van der Waals surface area contributed by atoms with Gasteiger partial charge < -0.3 is 14.8 Å². The maximum atomic E-state index is 11.7. The van der Waals surface area contributed by atoms with E-state index in [0.29, 0.717) is 18.0 Å². The summed E-state index contributed by atoms with van der Waals surface area (Å²) in [5.74, 6) is -0.769. The van der Waals surface area contributed by atoms with Gasteiger partial charge in [0.05, 0.1) is 6.54 Å². The smallest absolute Gasteiger partial charge is 0.371 e. The lowest BCUT2D eigenvalue weighted by Crippen LogP contribution is -2.23. The van der Waals surface area contributed by atoms with Crippen LogP contribution in [0.1, 0.15) is 39.7 Å². The predicted octanol–water partition coefficient (Wildman–Crippen LogP) is 0.588. The van der Waals surface area contributed by atoms with Gasteiger partial charge in [-0.15, -0.1) is 5.10 Å². The number of rotatable bonds is 5. The third-order valence-corrected chi connectivity index (χ3v) is 2.37. The van der Waals surface area contributed by atoms with Crippen molar-refractivity contribution in [1.29, 1.82) is 0 Å². The molecule has 0 radical (unpaired) electrons. The number of carbonyl (C=O) groups excluding carboxylic acids is 1. The van der Waals surface area contributed by atoms with Gasteiger partial charge >= 0.3 is 5.97 Å². The number of H-pyrrole nitrogens is 1. The second kappa shape index (κ2) is 5.34. The summed E-state index contributed by atoms with van der Waals surface area (Å²) in [6, 6.07) is 2.81. The van der Waals surface area contributed by atoms with E-state index in [4.69, 9.17) is 9.52 Å². The molecule has 0 fully saturated rings. The molecule has 0 bridgehead atoms. The van der Waals surface area contributed by atoms with E-state index in [1.165, 1.54) is 12.1 Å². The molecule has 19 heavy (non-hydrogen) atoms. The maximum Gasteiger partial charge on any atom is 0.371 e. The van der Waals surface area contributed by atoms with Crippen LogP contribution < -0.4 is 5.32 Å². The van der Waals surface area contributed by atoms with Crippen LogP contribution in [0.25, 0.3) is 0 Å². The molecule has 0 aliphatic rings. The topological polar surface area (TPSA) is 121 Å². The highest BCUT2D eigenvalue weighted by molar-refractivity contribution is 5.90. The summed E-state index contributed by atoms with van der Waals surface area (Å²) in [7, 11) is 0. The van der Waals surface area contributed by atoms with Crippen LogP contribution >= 0.6 is 0 Å². The van der Waals surface area contributed by atoms with Crippen LogP contribution in [0.2, 0.25) is 0 Å². The standard InChI is InChI=1S/C11H12N4O4/c1-2-8-13-9(15-14-8)10(16)12-5-6-3-4-7(19-6)11(17)18/h3-4H,2,5H2,1H3,(H,12,16)(H,17,18)(H,13,14,15). The van der Waals surface area contributed by atoms with Crippen molar-refractivity contribution < 1.29 is 19.1 Å². The molecule has 100 valence electrons. The maximum absolute atomic E-state index is 11.7. The lowest BCUT2D eigenvalue weighted by Gasteiger charge is -1.98. The molecular formula is C11H12N4O4. The van der Waals surface area contributed by atoms with E-state index in [0.717, 1.165) is 0 Å². The van der Waals surface area contributed by atoms with Crippen LogP contribution in [0.4, 0.5) is 0 Å². The van der Waals surface area contributed by atoms with Gasteiger partial charge in [-0.05, 0) is 12.1 Å². The zero-order valence-corrected chi connectivity index (χ0v) is 10.1. The molecule has 0 saturated heterocycles. The van der Waals surface area contributed by atoms with E-state index < -0.39 is 11.9 Å². The number of aromatic nitrogens is 3. The van der Waals surface area contributed by atoms with Gasteiger partial charge in [0.15, 0.2) is 0 Å². The number of carbonyl (C=O) groups is 2. The van der Waals surface area contributed by atoms with Crippen molar-refractivity contribution in [2.75, 3.05) is 0 Å². The number of furan rings is 1. The monoisotopic (exact) mass is 264 g/mol. The highest BCUT2D eigenvalue weighted by atomic mass is 16.4. The van der Waals surface area contributed by atoms with Crippen LogP contribution in [0.3, 0.4) is 0 Å². The number of carboxylic acids is 1. The molecule has 8 heteroatoms. The minimum atomic E-state index is -1.15. The first-order valence-electron chi connectivity index (χ1n) is 5.61. The van der Waals surface area contributed by atoms with Crippen LogP contribution in [0.5, 0.6) is 0 Å². The highest BCUT2D eigenvalue weighted by Gasteiger charge is 2.13. The molecule has 0 saturated carbocycles. The number of hydrogen-bond donors (Lipinski definition) is 3. The molecule has 3 N–H and O–H groups in total. The molecule has 0 aliphatic heterocycles. The SMILES string of the molecule is CCc1nc(C(=O)NCc2ccc(C(=O)O)o2)n[nH]1. The molecule has 0 aliphatic carbocycles. The number of aromatic amines is 1. The molecule has 2 heterocycles. The van der Waals surface area contributed by atoms with Gasteiger partial charge in [0.25, 0.3) is 5.91 Å². The third kappa shape index (κ3) is 2.97. The van der Waals surface area contributed by atoms with E-state index in [1.807, 2.05) is 6.92 Å². The van der Waals surface area contributed by atoms with Gasteiger partial charge in [0, 0.05) is 6.42 Å². The highest BCUT2D eigenvalue weighted by Crippen LogP contribution is 2.07. The van der Waals surface area contributed by atoms with Gasteiger partial charge in [-0.3, -0.25) is 9.89 Å². The normalized spacial score (nSPS) is 10.4. The Bertz CT molecular complexity index is 601. The Hall–Kier alpha value is -2.64. The quantitative estimate of drug-likeness (QED) is 0.726. The summed E-state index contributed by atoms with van der Waals surface area (Å²) in [5, 5.41) is 17.6. The Kier molecular flexibility index (Phi) is 3.60. The Morgan fingerprint density at radius 2 is 2.26 bits per heavy atom. The van der Waals surface area contributed by atoms with Crippen molar-refractivity contribution in [3.8, 4) is 0 Å². The fourth-order valence-corrected chi connectivity index (χ4v) is 1.39. The first-order chi connectivity index (χ1) is 9.10. The minimum absolute atomic E-state index is 0.0434. The summed E-state index contributed by atoms with van der Waals surface area (Å²) in [6.45, 7) is 1.96. The summed E-state index contributed by atoms with van der Waals surface area (Å²) in [5.41, 5.74) is 0. The summed E-state index contributed by atoms with van der Waals surface area (Å²) in [6.07, 6.45) is 0.653. The second-order valence-electron chi connectivity index (χ2n) is 3.71. The lowest BCUT2D eigenvalue weighted by atomic mass is 10.4. The van der Waals surface area contributed by atoms with Crippen LogP contribution in [-0.2, 0) is 13.0 Å². The number of hydrogen-bond acceptors (Lipinski definition) is 5. The van der Waals surface area contributed by atoms with Crippen molar-refractivity contribution in [2.45, 2.75) is 19.9 Å². The van der Waals surface area contributed by atoms with Crippen molar-refractivity contribution in [2.24, 2.45) is 0 Å². The van der Waals surface area contributed by atoms with E-state index in [9.17, 15) is 9.59 Å². The van der Waals surface area contributed by atoms with E-state index in [-0.39, 0.29) is 18.1 Å².